The molecule has 2 aromatic rings. The Bertz CT molecular complexity index is 796. The predicted octanol–water partition coefficient (Wildman–Crippen LogP) is 3.30. The molecule has 0 aliphatic carbocycles. The van der Waals surface area contributed by atoms with E-state index in [1.807, 2.05) is 44.2 Å². The smallest absolute Gasteiger partial charge is 0.229 e. The Labute approximate surface area is 147 Å². The minimum absolute atomic E-state index is 0.0109. The fourth-order valence-corrected chi connectivity index (χ4v) is 3.28. The second-order valence-corrected chi connectivity index (χ2v) is 6.37. The van der Waals surface area contributed by atoms with Gasteiger partial charge in [0.1, 0.15) is 5.75 Å². The third-order valence-corrected chi connectivity index (χ3v) is 4.54. The molecule has 1 heterocycles. The number of carbonyl (C=O) groups is 2. The standard InChI is InChI=1S/C20H22N2O3/c1-13-6-4-7-14(2)19(13)22-12-15(10-18(22)23)20(24)21-16-8-5-9-17(11-16)25-3/h4-9,11,15H,10,12H2,1-3H3,(H,21,24)/t15-/m1/s1. The molecule has 0 aromatic heterocycles. The quantitative estimate of drug-likeness (QED) is 0.930. The molecule has 3 rings (SSSR count). The first-order chi connectivity index (χ1) is 12.0. The van der Waals surface area contributed by atoms with Gasteiger partial charge in [-0.25, -0.2) is 0 Å². The van der Waals surface area contributed by atoms with Gasteiger partial charge in [0, 0.05) is 30.4 Å². The van der Waals surface area contributed by atoms with Gasteiger partial charge in [-0.2, -0.15) is 0 Å². The molecule has 1 saturated heterocycles. The van der Waals surface area contributed by atoms with E-state index < -0.39 is 0 Å². The minimum Gasteiger partial charge on any atom is -0.497 e. The summed E-state index contributed by atoms with van der Waals surface area (Å²) in [6.45, 7) is 4.37. The maximum absolute atomic E-state index is 12.6. The average molecular weight is 338 g/mol. The van der Waals surface area contributed by atoms with Gasteiger partial charge in [-0.3, -0.25) is 9.59 Å². The topological polar surface area (TPSA) is 58.6 Å². The molecule has 0 bridgehead atoms. The predicted molar refractivity (Wildman–Crippen MR) is 98.0 cm³/mol. The van der Waals surface area contributed by atoms with Crippen LogP contribution in [0.15, 0.2) is 42.5 Å². The maximum Gasteiger partial charge on any atom is 0.229 e. The number of methoxy groups -OCH3 is 1. The molecule has 1 atom stereocenters. The van der Waals surface area contributed by atoms with Crippen molar-refractivity contribution in [3.63, 3.8) is 0 Å². The van der Waals surface area contributed by atoms with Crippen LogP contribution in [0.2, 0.25) is 0 Å². The molecule has 5 nitrogen and oxygen atoms in total. The summed E-state index contributed by atoms with van der Waals surface area (Å²) in [6, 6.07) is 13.1. The van der Waals surface area contributed by atoms with Crippen LogP contribution < -0.4 is 15.0 Å². The summed E-state index contributed by atoms with van der Waals surface area (Å²) < 4.78 is 5.17. The van der Waals surface area contributed by atoms with Gasteiger partial charge < -0.3 is 15.0 Å². The van der Waals surface area contributed by atoms with Crippen molar-refractivity contribution >= 4 is 23.2 Å². The number of aryl methyl sites for hydroxylation is 2. The Morgan fingerprint density at radius 2 is 1.84 bits per heavy atom. The van der Waals surface area contributed by atoms with Crippen LogP contribution in [0.4, 0.5) is 11.4 Å². The second kappa shape index (κ2) is 6.97. The molecule has 2 aromatic carbocycles. The molecule has 0 saturated carbocycles. The monoisotopic (exact) mass is 338 g/mol. The van der Waals surface area contributed by atoms with E-state index in [1.165, 1.54) is 0 Å². The highest BCUT2D eigenvalue weighted by molar-refractivity contribution is 6.04. The Hall–Kier alpha value is -2.82. The van der Waals surface area contributed by atoms with Crippen LogP contribution in [0.1, 0.15) is 17.5 Å². The van der Waals surface area contributed by atoms with Crippen molar-refractivity contribution in [2.24, 2.45) is 5.92 Å². The van der Waals surface area contributed by atoms with Crippen molar-refractivity contribution in [2.45, 2.75) is 20.3 Å². The van der Waals surface area contributed by atoms with Gasteiger partial charge in [0.2, 0.25) is 11.8 Å². The highest BCUT2D eigenvalue weighted by atomic mass is 16.5. The van der Waals surface area contributed by atoms with E-state index >= 15 is 0 Å². The zero-order valence-electron chi connectivity index (χ0n) is 14.7. The number of hydrogen-bond donors (Lipinski definition) is 1. The Kier molecular flexibility index (Phi) is 4.74. The number of ether oxygens (including phenoxy) is 1. The molecular weight excluding hydrogens is 316 g/mol. The first-order valence-electron chi connectivity index (χ1n) is 8.31. The Morgan fingerprint density at radius 1 is 1.16 bits per heavy atom. The molecule has 5 heteroatoms. The number of nitrogens with one attached hydrogen (secondary N) is 1. The number of benzene rings is 2. The second-order valence-electron chi connectivity index (χ2n) is 6.37. The third kappa shape index (κ3) is 3.50. The van der Waals surface area contributed by atoms with Crippen molar-refractivity contribution in [2.75, 3.05) is 23.9 Å². The highest BCUT2D eigenvalue weighted by Crippen LogP contribution is 2.31. The molecule has 1 aliphatic heterocycles. The van der Waals surface area contributed by atoms with Crippen molar-refractivity contribution in [3.8, 4) is 5.75 Å². The Balaban J connectivity index is 1.74. The number of hydrogen-bond acceptors (Lipinski definition) is 3. The lowest BCUT2D eigenvalue weighted by Gasteiger charge is -2.21. The van der Waals surface area contributed by atoms with Gasteiger partial charge in [0.15, 0.2) is 0 Å². The molecule has 130 valence electrons. The molecule has 1 fully saturated rings. The zero-order chi connectivity index (χ0) is 18.0. The van der Waals surface area contributed by atoms with Gasteiger partial charge in [0.25, 0.3) is 0 Å². The van der Waals surface area contributed by atoms with E-state index in [-0.39, 0.29) is 24.2 Å². The van der Waals surface area contributed by atoms with E-state index in [9.17, 15) is 9.59 Å². The molecule has 1 aliphatic rings. The summed E-state index contributed by atoms with van der Waals surface area (Å²) in [5.74, 6) is 0.161. The summed E-state index contributed by atoms with van der Waals surface area (Å²) >= 11 is 0. The van der Waals surface area contributed by atoms with E-state index in [1.54, 1.807) is 24.1 Å². The number of para-hydroxylation sites is 1. The van der Waals surface area contributed by atoms with E-state index in [2.05, 4.69) is 5.32 Å². The SMILES string of the molecule is COc1cccc(NC(=O)[C@@H]2CC(=O)N(c3c(C)cccc3C)C2)c1. The van der Waals surface area contributed by atoms with E-state index in [0.29, 0.717) is 18.0 Å². The van der Waals surface area contributed by atoms with Gasteiger partial charge in [0.05, 0.1) is 13.0 Å². The van der Waals surface area contributed by atoms with Crippen LogP contribution in [0.3, 0.4) is 0 Å². The molecule has 2 amide bonds. The highest BCUT2D eigenvalue weighted by Gasteiger charge is 2.36. The first-order valence-corrected chi connectivity index (χ1v) is 8.31. The van der Waals surface area contributed by atoms with Crippen LogP contribution in [-0.2, 0) is 9.59 Å². The summed E-state index contributed by atoms with van der Waals surface area (Å²) in [5, 5.41) is 2.88. The number of rotatable bonds is 4. The molecule has 0 radical (unpaired) electrons. The number of nitrogens with zero attached hydrogens (tertiary/aromatic N) is 1. The zero-order valence-corrected chi connectivity index (χ0v) is 14.7. The average Bonchev–Trinajstić information content (AvgIpc) is 2.97. The summed E-state index contributed by atoms with van der Waals surface area (Å²) in [7, 11) is 1.58. The van der Waals surface area contributed by atoms with Crippen LogP contribution in [-0.4, -0.2) is 25.5 Å². The van der Waals surface area contributed by atoms with Gasteiger partial charge in [-0.1, -0.05) is 24.3 Å². The maximum atomic E-state index is 12.6. The van der Waals surface area contributed by atoms with E-state index in [4.69, 9.17) is 4.74 Å². The van der Waals surface area contributed by atoms with Crippen molar-refractivity contribution in [3.05, 3.63) is 53.6 Å². The van der Waals surface area contributed by atoms with Crippen molar-refractivity contribution < 1.29 is 14.3 Å². The fourth-order valence-electron chi connectivity index (χ4n) is 3.28. The molecule has 1 N–H and O–H groups in total. The van der Waals surface area contributed by atoms with Crippen molar-refractivity contribution in [1.29, 1.82) is 0 Å². The number of carbonyl (C=O) groups excluding carboxylic acids is 2. The first kappa shape index (κ1) is 17.0. The van der Waals surface area contributed by atoms with Crippen LogP contribution in [0.25, 0.3) is 0 Å². The number of amides is 2. The van der Waals surface area contributed by atoms with Crippen LogP contribution >= 0.6 is 0 Å². The molecule has 25 heavy (non-hydrogen) atoms. The summed E-state index contributed by atoms with van der Waals surface area (Å²) in [5.41, 5.74) is 3.68. The van der Waals surface area contributed by atoms with Gasteiger partial charge in [-0.05, 0) is 37.1 Å². The number of anilines is 2. The van der Waals surface area contributed by atoms with Gasteiger partial charge >= 0.3 is 0 Å². The van der Waals surface area contributed by atoms with Crippen LogP contribution in [0, 0.1) is 19.8 Å². The minimum atomic E-state index is -0.363. The van der Waals surface area contributed by atoms with Crippen LogP contribution in [0.5, 0.6) is 5.75 Å². The lowest BCUT2D eigenvalue weighted by molar-refractivity contribution is -0.122. The van der Waals surface area contributed by atoms with Gasteiger partial charge in [-0.15, -0.1) is 0 Å². The fraction of sp³-hybridized carbons (Fsp3) is 0.300. The molecule has 0 unspecified atom stereocenters. The molecule has 0 spiro atoms. The lowest BCUT2D eigenvalue weighted by Crippen LogP contribution is -2.29. The normalized spacial score (nSPS) is 16.8. The summed E-state index contributed by atoms with van der Waals surface area (Å²) in [6.07, 6.45) is 0.226. The van der Waals surface area contributed by atoms with Crippen molar-refractivity contribution in [1.82, 2.24) is 0 Å². The summed E-state index contributed by atoms with van der Waals surface area (Å²) in [4.78, 5) is 26.8. The lowest BCUT2D eigenvalue weighted by atomic mass is 10.1. The largest absolute Gasteiger partial charge is 0.497 e. The Morgan fingerprint density at radius 3 is 2.52 bits per heavy atom. The van der Waals surface area contributed by atoms with E-state index in [0.717, 1.165) is 16.8 Å². The third-order valence-electron chi connectivity index (χ3n) is 4.54. The molecular formula is C20H22N2O3.